The highest BCUT2D eigenvalue weighted by atomic mass is 16.5. The standard InChI is InChI=1S/C10H18N2O5/c1-4-5-7(9(14)15)11-10(16)12(2)6-8(13)17-3/h7H,4-6H2,1-3H3,(H,11,16)(H,14,15)/t7-/m0/s1. The molecule has 0 heterocycles. The number of rotatable bonds is 6. The lowest BCUT2D eigenvalue weighted by atomic mass is 10.2. The lowest BCUT2D eigenvalue weighted by molar-refractivity contribution is -0.141. The smallest absolute Gasteiger partial charge is 0.326 e. The molecule has 0 saturated carbocycles. The number of nitrogens with one attached hydrogen (secondary N) is 1. The molecule has 0 aromatic rings. The van der Waals surface area contributed by atoms with Crippen molar-refractivity contribution in [2.75, 3.05) is 20.7 Å². The van der Waals surface area contributed by atoms with Crippen molar-refractivity contribution in [1.82, 2.24) is 10.2 Å². The van der Waals surface area contributed by atoms with Gasteiger partial charge in [-0.1, -0.05) is 13.3 Å². The van der Waals surface area contributed by atoms with E-state index in [2.05, 4.69) is 10.1 Å². The van der Waals surface area contributed by atoms with Crippen LogP contribution in [0.15, 0.2) is 0 Å². The van der Waals surface area contributed by atoms with Crippen LogP contribution in [0.3, 0.4) is 0 Å². The first-order chi connectivity index (χ1) is 7.92. The molecule has 0 unspecified atom stereocenters. The summed E-state index contributed by atoms with van der Waals surface area (Å²) in [5, 5.41) is 11.2. The number of carboxylic acids is 1. The van der Waals surface area contributed by atoms with Gasteiger partial charge >= 0.3 is 18.0 Å². The largest absolute Gasteiger partial charge is 0.480 e. The second kappa shape index (κ2) is 7.48. The van der Waals surface area contributed by atoms with Crippen molar-refractivity contribution in [3.63, 3.8) is 0 Å². The maximum atomic E-state index is 11.5. The molecule has 0 aromatic carbocycles. The number of carbonyl (C=O) groups excluding carboxylic acids is 2. The number of hydrogen-bond donors (Lipinski definition) is 2. The highest BCUT2D eigenvalue weighted by Gasteiger charge is 2.21. The van der Waals surface area contributed by atoms with Crippen LogP contribution < -0.4 is 5.32 Å². The quantitative estimate of drug-likeness (QED) is 0.646. The molecular formula is C10H18N2O5. The molecule has 7 heteroatoms. The van der Waals surface area contributed by atoms with Gasteiger partial charge in [-0.2, -0.15) is 0 Å². The second-order valence-electron chi connectivity index (χ2n) is 3.56. The first-order valence-electron chi connectivity index (χ1n) is 5.23. The Labute approximate surface area is 99.7 Å². The average Bonchev–Trinajstić information content (AvgIpc) is 2.27. The van der Waals surface area contributed by atoms with Crippen molar-refractivity contribution in [2.45, 2.75) is 25.8 Å². The first kappa shape index (κ1) is 15.2. The van der Waals surface area contributed by atoms with Crippen molar-refractivity contribution in [3.8, 4) is 0 Å². The summed E-state index contributed by atoms with van der Waals surface area (Å²) in [6.07, 6.45) is 0.977. The van der Waals surface area contributed by atoms with Crippen LogP contribution in [0.2, 0.25) is 0 Å². The fourth-order valence-corrected chi connectivity index (χ4v) is 1.14. The van der Waals surface area contributed by atoms with E-state index in [1.807, 2.05) is 6.92 Å². The molecule has 1 atom stereocenters. The Morgan fingerprint density at radius 2 is 2.00 bits per heavy atom. The third-order valence-electron chi connectivity index (χ3n) is 2.11. The van der Waals surface area contributed by atoms with Crippen molar-refractivity contribution < 1.29 is 24.2 Å². The summed E-state index contributed by atoms with van der Waals surface area (Å²) in [6, 6.07) is -1.55. The van der Waals surface area contributed by atoms with Gasteiger partial charge in [0.15, 0.2) is 0 Å². The predicted octanol–water partition coefficient (Wildman–Crippen LogP) is 0.0541. The Bertz CT molecular complexity index is 292. The number of amides is 2. The van der Waals surface area contributed by atoms with Crippen LogP contribution in [0.4, 0.5) is 4.79 Å². The summed E-state index contributed by atoms with van der Waals surface area (Å²) >= 11 is 0. The topological polar surface area (TPSA) is 95.9 Å². The molecule has 7 nitrogen and oxygen atoms in total. The Balaban J connectivity index is 4.30. The fourth-order valence-electron chi connectivity index (χ4n) is 1.14. The van der Waals surface area contributed by atoms with Gasteiger partial charge in [0.1, 0.15) is 12.6 Å². The highest BCUT2D eigenvalue weighted by molar-refractivity contribution is 5.84. The number of urea groups is 1. The summed E-state index contributed by atoms with van der Waals surface area (Å²) in [5.41, 5.74) is 0. The second-order valence-corrected chi connectivity index (χ2v) is 3.56. The number of esters is 1. The minimum Gasteiger partial charge on any atom is -0.480 e. The Morgan fingerprint density at radius 3 is 2.41 bits per heavy atom. The molecular weight excluding hydrogens is 228 g/mol. The summed E-state index contributed by atoms with van der Waals surface area (Å²) < 4.78 is 4.39. The molecule has 0 aliphatic heterocycles. The zero-order valence-corrected chi connectivity index (χ0v) is 10.2. The fraction of sp³-hybridized carbons (Fsp3) is 0.700. The minimum absolute atomic E-state index is 0.221. The molecule has 98 valence electrons. The third kappa shape index (κ3) is 5.74. The molecule has 2 N–H and O–H groups in total. The number of hydrogen-bond acceptors (Lipinski definition) is 4. The predicted molar refractivity (Wildman–Crippen MR) is 59.5 cm³/mol. The van der Waals surface area contributed by atoms with Gasteiger partial charge in [0, 0.05) is 7.05 Å². The molecule has 0 aliphatic carbocycles. The lowest BCUT2D eigenvalue weighted by Crippen LogP contribution is -2.47. The van der Waals surface area contributed by atoms with Crippen LogP contribution in [0.25, 0.3) is 0 Å². The lowest BCUT2D eigenvalue weighted by Gasteiger charge is -2.20. The van der Waals surface area contributed by atoms with Crippen LogP contribution >= 0.6 is 0 Å². The number of likely N-dealkylation sites (N-methyl/N-ethyl adjacent to an activating group) is 1. The van der Waals surface area contributed by atoms with E-state index in [0.717, 1.165) is 4.90 Å². The molecule has 0 bridgehead atoms. The minimum atomic E-state index is -1.09. The molecule has 0 aliphatic rings. The van der Waals surface area contributed by atoms with E-state index in [1.54, 1.807) is 0 Å². The molecule has 0 spiro atoms. The molecule has 17 heavy (non-hydrogen) atoms. The van der Waals surface area contributed by atoms with E-state index in [-0.39, 0.29) is 6.54 Å². The highest BCUT2D eigenvalue weighted by Crippen LogP contribution is 1.98. The maximum absolute atomic E-state index is 11.5. The molecule has 2 amide bonds. The number of nitrogens with zero attached hydrogens (tertiary/aromatic N) is 1. The number of carboxylic acid groups (broad SMARTS) is 1. The third-order valence-corrected chi connectivity index (χ3v) is 2.11. The van der Waals surface area contributed by atoms with Crippen molar-refractivity contribution >= 4 is 18.0 Å². The van der Waals surface area contributed by atoms with E-state index >= 15 is 0 Å². The summed E-state index contributed by atoms with van der Waals surface area (Å²) in [4.78, 5) is 34.3. The number of carbonyl (C=O) groups is 3. The van der Waals surface area contributed by atoms with Crippen LogP contribution in [0.1, 0.15) is 19.8 Å². The zero-order valence-electron chi connectivity index (χ0n) is 10.2. The van der Waals surface area contributed by atoms with E-state index in [1.165, 1.54) is 14.2 Å². The van der Waals surface area contributed by atoms with E-state index in [4.69, 9.17) is 5.11 Å². The number of methoxy groups -OCH3 is 1. The van der Waals surface area contributed by atoms with Crippen LogP contribution in [-0.4, -0.2) is 54.7 Å². The summed E-state index contributed by atoms with van der Waals surface area (Å²) in [5.74, 6) is -1.66. The van der Waals surface area contributed by atoms with Gasteiger partial charge in [-0.15, -0.1) is 0 Å². The maximum Gasteiger partial charge on any atom is 0.326 e. The SMILES string of the molecule is CCC[C@H](NC(=O)N(C)CC(=O)OC)C(=O)O. The van der Waals surface area contributed by atoms with Crippen LogP contribution in [0, 0.1) is 0 Å². The average molecular weight is 246 g/mol. The molecule has 0 saturated heterocycles. The van der Waals surface area contributed by atoms with Crippen molar-refractivity contribution in [2.24, 2.45) is 0 Å². The first-order valence-corrected chi connectivity index (χ1v) is 5.23. The van der Waals surface area contributed by atoms with Gasteiger partial charge < -0.3 is 20.1 Å². The molecule has 0 fully saturated rings. The van der Waals surface area contributed by atoms with Gasteiger partial charge in [0.2, 0.25) is 0 Å². The van der Waals surface area contributed by atoms with E-state index in [9.17, 15) is 14.4 Å². The normalized spacial score (nSPS) is 11.5. The van der Waals surface area contributed by atoms with Gasteiger partial charge in [-0.05, 0) is 6.42 Å². The van der Waals surface area contributed by atoms with Gasteiger partial charge in [-0.3, -0.25) is 4.79 Å². The van der Waals surface area contributed by atoms with Gasteiger partial charge in [0.05, 0.1) is 7.11 Å². The Hall–Kier alpha value is -1.79. The zero-order chi connectivity index (χ0) is 13.4. The molecule has 0 rings (SSSR count). The van der Waals surface area contributed by atoms with Crippen LogP contribution in [0.5, 0.6) is 0 Å². The Morgan fingerprint density at radius 1 is 1.41 bits per heavy atom. The molecule has 0 radical (unpaired) electrons. The van der Waals surface area contributed by atoms with Gasteiger partial charge in [-0.25, -0.2) is 9.59 Å². The molecule has 0 aromatic heterocycles. The van der Waals surface area contributed by atoms with Crippen molar-refractivity contribution in [3.05, 3.63) is 0 Å². The van der Waals surface area contributed by atoms with Crippen molar-refractivity contribution in [1.29, 1.82) is 0 Å². The number of ether oxygens (including phenoxy) is 1. The van der Waals surface area contributed by atoms with Crippen LogP contribution in [-0.2, 0) is 14.3 Å². The summed E-state index contributed by atoms with van der Waals surface area (Å²) in [6.45, 7) is 1.60. The van der Waals surface area contributed by atoms with E-state index < -0.39 is 24.0 Å². The van der Waals surface area contributed by atoms with E-state index in [0.29, 0.717) is 12.8 Å². The summed E-state index contributed by atoms with van der Waals surface area (Å²) in [7, 11) is 2.60. The van der Waals surface area contributed by atoms with Gasteiger partial charge in [0.25, 0.3) is 0 Å². The monoisotopic (exact) mass is 246 g/mol. The Kier molecular flexibility index (Phi) is 6.69. The number of aliphatic carboxylic acids is 1.